The summed E-state index contributed by atoms with van der Waals surface area (Å²) in [7, 11) is 0. The van der Waals surface area contributed by atoms with Crippen molar-refractivity contribution in [2.45, 2.75) is 25.7 Å². The van der Waals surface area contributed by atoms with Gasteiger partial charge in [0.2, 0.25) is 0 Å². The van der Waals surface area contributed by atoms with E-state index in [1.54, 1.807) is 6.08 Å². The van der Waals surface area contributed by atoms with Crippen molar-refractivity contribution in [2.24, 2.45) is 0 Å². The first-order valence-electron chi connectivity index (χ1n) is 4.36. The summed E-state index contributed by atoms with van der Waals surface area (Å²) in [5.41, 5.74) is 0.972. The van der Waals surface area contributed by atoms with Crippen molar-refractivity contribution in [1.82, 2.24) is 0 Å². The summed E-state index contributed by atoms with van der Waals surface area (Å²) >= 11 is 0. The van der Waals surface area contributed by atoms with Crippen molar-refractivity contribution in [3.05, 3.63) is 36.5 Å². The van der Waals surface area contributed by atoms with Crippen LogP contribution < -0.4 is 0 Å². The molecule has 1 nitrogen and oxygen atoms in total. The zero-order chi connectivity index (χ0) is 8.81. The highest BCUT2D eigenvalue weighted by Gasteiger charge is 2.13. The van der Waals surface area contributed by atoms with Crippen LogP contribution in [0.2, 0.25) is 0 Å². The molecule has 0 heterocycles. The van der Waals surface area contributed by atoms with Crippen LogP contribution in [-0.2, 0) is 4.79 Å². The molecule has 1 fully saturated rings. The number of allylic oxidation sites excluding steroid dienone is 5. The van der Waals surface area contributed by atoms with E-state index in [0.717, 1.165) is 31.3 Å². The van der Waals surface area contributed by atoms with Gasteiger partial charge in [-0.25, -0.2) is 0 Å². The van der Waals surface area contributed by atoms with Crippen LogP contribution in [0, 0.1) is 0 Å². The monoisotopic (exact) mass is 162 g/mol. The number of hydrogen-bond acceptors (Lipinski definition) is 1. The molecule has 0 aromatic carbocycles. The Hall–Kier alpha value is -1.11. The van der Waals surface area contributed by atoms with Gasteiger partial charge in [0.1, 0.15) is 0 Å². The molecule has 1 rings (SSSR count). The Morgan fingerprint density at radius 3 is 2.58 bits per heavy atom. The van der Waals surface area contributed by atoms with E-state index in [-0.39, 0.29) is 0 Å². The number of Topliss-reactive ketones (excluding diaryl/α,β-unsaturated/α-hetero) is 1. The second kappa shape index (κ2) is 4.70. The number of carbonyl (C=O) groups is 1. The maximum absolute atomic E-state index is 11.3. The highest BCUT2D eigenvalue weighted by Crippen LogP contribution is 2.19. The number of ketones is 1. The molecule has 0 saturated heterocycles. The van der Waals surface area contributed by atoms with Crippen molar-refractivity contribution in [3.63, 3.8) is 0 Å². The SMILES string of the molecule is C=C/C=C/C=C1\CCCCC1=O. The summed E-state index contributed by atoms with van der Waals surface area (Å²) < 4.78 is 0. The summed E-state index contributed by atoms with van der Waals surface area (Å²) in [4.78, 5) is 11.3. The van der Waals surface area contributed by atoms with Gasteiger partial charge in [0.15, 0.2) is 5.78 Å². The maximum atomic E-state index is 11.3. The molecule has 0 spiro atoms. The van der Waals surface area contributed by atoms with Gasteiger partial charge < -0.3 is 0 Å². The van der Waals surface area contributed by atoms with Crippen molar-refractivity contribution in [3.8, 4) is 0 Å². The molecule has 0 radical (unpaired) electrons. The minimum Gasteiger partial charge on any atom is -0.295 e. The van der Waals surface area contributed by atoms with Gasteiger partial charge in [0.25, 0.3) is 0 Å². The fourth-order valence-electron chi connectivity index (χ4n) is 1.33. The van der Waals surface area contributed by atoms with Crippen molar-refractivity contribution < 1.29 is 4.79 Å². The van der Waals surface area contributed by atoms with Gasteiger partial charge >= 0.3 is 0 Å². The van der Waals surface area contributed by atoms with Crippen LogP contribution in [0.4, 0.5) is 0 Å². The summed E-state index contributed by atoms with van der Waals surface area (Å²) in [5, 5.41) is 0. The molecule has 0 unspecified atom stereocenters. The van der Waals surface area contributed by atoms with Gasteiger partial charge in [-0.15, -0.1) is 0 Å². The van der Waals surface area contributed by atoms with E-state index in [1.165, 1.54) is 0 Å². The maximum Gasteiger partial charge on any atom is 0.158 e. The second-order valence-corrected chi connectivity index (χ2v) is 2.94. The van der Waals surface area contributed by atoms with Crippen LogP contribution in [0.1, 0.15) is 25.7 Å². The molecular weight excluding hydrogens is 148 g/mol. The first-order chi connectivity index (χ1) is 5.84. The lowest BCUT2D eigenvalue weighted by atomic mass is 9.93. The molecule has 0 bridgehead atoms. The van der Waals surface area contributed by atoms with Crippen LogP contribution in [0.15, 0.2) is 36.5 Å². The Bertz CT molecular complexity index is 233. The van der Waals surface area contributed by atoms with Crippen molar-refractivity contribution in [2.75, 3.05) is 0 Å². The predicted molar refractivity (Wildman–Crippen MR) is 50.9 cm³/mol. The van der Waals surface area contributed by atoms with Crippen LogP contribution in [0.3, 0.4) is 0 Å². The average Bonchev–Trinajstić information content (AvgIpc) is 2.09. The van der Waals surface area contributed by atoms with E-state index in [1.807, 2.05) is 18.2 Å². The van der Waals surface area contributed by atoms with Gasteiger partial charge in [0, 0.05) is 6.42 Å². The summed E-state index contributed by atoms with van der Waals surface area (Å²) in [6.07, 6.45) is 11.2. The molecule has 0 amide bonds. The van der Waals surface area contributed by atoms with Gasteiger partial charge in [0.05, 0.1) is 0 Å². The van der Waals surface area contributed by atoms with Crippen LogP contribution in [-0.4, -0.2) is 5.78 Å². The molecule has 1 heteroatoms. The standard InChI is InChI=1S/C11H14O/c1-2-3-4-7-10-8-5-6-9-11(10)12/h2-4,7H,1,5-6,8-9H2/b4-3+,10-7+. The molecule has 0 N–H and O–H groups in total. The number of rotatable bonds is 2. The quantitative estimate of drug-likeness (QED) is 0.450. The summed E-state index contributed by atoms with van der Waals surface area (Å²) in [5.74, 6) is 0.315. The van der Waals surface area contributed by atoms with Gasteiger partial charge in [-0.3, -0.25) is 4.79 Å². The third kappa shape index (κ3) is 2.50. The van der Waals surface area contributed by atoms with Crippen LogP contribution in [0.25, 0.3) is 0 Å². The third-order valence-corrected chi connectivity index (χ3v) is 2.00. The third-order valence-electron chi connectivity index (χ3n) is 2.00. The van der Waals surface area contributed by atoms with Crippen LogP contribution >= 0.6 is 0 Å². The smallest absolute Gasteiger partial charge is 0.158 e. The fourth-order valence-corrected chi connectivity index (χ4v) is 1.33. The largest absolute Gasteiger partial charge is 0.295 e. The topological polar surface area (TPSA) is 17.1 Å². The first-order valence-corrected chi connectivity index (χ1v) is 4.36. The Morgan fingerprint density at radius 1 is 1.17 bits per heavy atom. The molecule has 0 atom stereocenters. The molecule has 1 aliphatic rings. The first kappa shape index (κ1) is 8.98. The molecule has 0 aliphatic heterocycles. The van der Waals surface area contributed by atoms with Crippen molar-refractivity contribution in [1.29, 1.82) is 0 Å². The minimum absolute atomic E-state index is 0.315. The Balaban J connectivity index is 2.58. The number of carbonyl (C=O) groups excluding carboxylic acids is 1. The second-order valence-electron chi connectivity index (χ2n) is 2.94. The van der Waals surface area contributed by atoms with E-state index in [4.69, 9.17) is 0 Å². The lowest BCUT2D eigenvalue weighted by molar-refractivity contribution is -0.116. The van der Waals surface area contributed by atoms with Crippen molar-refractivity contribution >= 4 is 5.78 Å². The van der Waals surface area contributed by atoms with E-state index in [9.17, 15) is 4.79 Å². The molecule has 64 valence electrons. The Morgan fingerprint density at radius 2 is 1.92 bits per heavy atom. The molecule has 1 saturated carbocycles. The van der Waals surface area contributed by atoms with E-state index in [2.05, 4.69) is 6.58 Å². The number of hydrogen-bond donors (Lipinski definition) is 0. The molecule has 0 aromatic heterocycles. The summed E-state index contributed by atoms with van der Waals surface area (Å²) in [6, 6.07) is 0. The molecular formula is C11H14O. The van der Waals surface area contributed by atoms with Gasteiger partial charge in [-0.1, -0.05) is 30.9 Å². The average molecular weight is 162 g/mol. The summed E-state index contributed by atoms with van der Waals surface area (Å²) in [6.45, 7) is 3.56. The normalized spacial score (nSPS) is 22.0. The fraction of sp³-hybridized carbons (Fsp3) is 0.364. The van der Waals surface area contributed by atoms with Gasteiger partial charge in [-0.05, 0) is 24.8 Å². The van der Waals surface area contributed by atoms with E-state index in [0.29, 0.717) is 5.78 Å². The highest BCUT2D eigenvalue weighted by molar-refractivity contribution is 5.96. The Kier molecular flexibility index (Phi) is 3.52. The lowest BCUT2D eigenvalue weighted by Crippen LogP contribution is -2.07. The molecule has 0 aromatic rings. The highest BCUT2D eigenvalue weighted by atomic mass is 16.1. The molecule has 1 aliphatic carbocycles. The zero-order valence-electron chi connectivity index (χ0n) is 7.25. The van der Waals surface area contributed by atoms with Crippen LogP contribution in [0.5, 0.6) is 0 Å². The van der Waals surface area contributed by atoms with E-state index >= 15 is 0 Å². The van der Waals surface area contributed by atoms with E-state index < -0.39 is 0 Å². The zero-order valence-corrected chi connectivity index (χ0v) is 7.25. The Labute approximate surface area is 73.5 Å². The van der Waals surface area contributed by atoms with Gasteiger partial charge in [-0.2, -0.15) is 0 Å². The molecule has 12 heavy (non-hydrogen) atoms. The minimum atomic E-state index is 0.315. The predicted octanol–water partition coefficient (Wildman–Crippen LogP) is 2.80. The lowest BCUT2D eigenvalue weighted by Gasteiger charge is -2.10.